The summed E-state index contributed by atoms with van der Waals surface area (Å²) in [5, 5.41) is 11.9. The summed E-state index contributed by atoms with van der Waals surface area (Å²) in [4.78, 5) is 33.9. The van der Waals surface area contributed by atoms with Gasteiger partial charge in [-0.05, 0) is 42.8 Å². The Morgan fingerprint density at radius 1 is 1.19 bits per heavy atom. The minimum atomic E-state index is -0.934. The molecular weight excluding hydrogens is 460 g/mol. The Balaban J connectivity index is 2.04. The van der Waals surface area contributed by atoms with Gasteiger partial charge in [-0.25, -0.2) is 9.97 Å². The molecule has 0 unspecified atom stereocenters. The topological polar surface area (TPSA) is 95.4 Å². The second-order valence-corrected chi connectivity index (χ2v) is 7.89. The zero-order chi connectivity index (χ0) is 23.0. The maximum atomic E-state index is 12.4. The number of benzene rings is 1. The van der Waals surface area contributed by atoms with Crippen LogP contribution in [0.15, 0.2) is 71.0 Å². The highest BCUT2D eigenvalue weighted by Crippen LogP contribution is 2.17. The molecule has 1 heterocycles. The zero-order valence-corrected chi connectivity index (χ0v) is 19.3. The summed E-state index contributed by atoms with van der Waals surface area (Å²) >= 11 is 3.35. The highest BCUT2D eigenvalue weighted by molar-refractivity contribution is 9.10. The lowest BCUT2D eigenvalue weighted by Crippen LogP contribution is -2.21. The second-order valence-electron chi connectivity index (χ2n) is 6.97. The van der Waals surface area contributed by atoms with Crippen molar-refractivity contribution >= 4 is 33.6 Å². The van der Waals surface area contributed by atoms with E-state index >= 15 is 0 Å². The molecule has 0 radical (unpaired) electrons. The average molecular weight is 485 g/mol. The molecular formula is C23H25BrN4O3. The molecule has 0 aliphatic heterocycles. The number of halogens is 1. The Hall–Kier alpha value is -3.26. The lowest BCUT2D eigenvalue weighted by atomic mass is 10.1. The van der Waals surface area contributed by atoms with Gasteiger partial charge in [0.15, 0.2) is 0 Å². The number of anilines is 1. The van der Waals surface area contributed by atoms with Gasteiger partial charge in [0.05, 0.1) is 6.42 Å². The van der Waals surface area contributed by atoms with Crippen molar-refractivity contribution in [3.8, 4) is 0 Å². The molecule has 0 spiro atoms. The molecule has 2 rings (SSSR count). The molecule has 0 saturated carbocycles. The third kappa shape index (κ3) is 7.49. The molecule has 0 saturated heterocycles. The van der Waals surface area contributed by atoms with Crippen LogP contribution in [0.3, 0.4) is 0 Å². The van der Waals surface area contributed by atoms with Crippen molar-refractivity contribution < 1.29 is 14.7 Å². The van der Waals surface area contributed by atoms with Crippen molar-refractivity contribution in [2.24, 2.45) is 0 Å². The van der Waals surface area contributed by atoms with Crippen molar-refractivity contribution in [2.45, 2.75) is 19.8 Å². The van der Waals surface area contributed by atoms with Crippen LogP contribution in [-0.2, 0) is 17.6 Å². The summed E-state index contributed by atoms with van der Waals surface area (Å²) in [5.74, 6) is -0.0341. The maximum absolute atomic E-state index is 12.4. The van der Waals surface area contributed by atoms with Crippen LogP contribution in [0.5, 0.6) is 0 Å². The Bertz CT molecular complexity index is 1030. The largest absolute Gasteiger partial charge is 0.481 e. The smallest absolute Gasteiger partial charge is 0.308 e. The summed E-state index contributed by atoms with van der Waals surface area (Å²) < 4.78 is 0.905. The van der Waals surface area contributed by atoms with Gasteiger partial charge in [0, 0.05) is 48.0 Å². The van der Waals surface area contributed by atoms with Gasteiger partial charge >= 0.3 is 5.97 Å². The van der Waals surface area contributed by atoms with Crippen molar-refractivity contribution in [3.05, 3.63) is 88.0 Å². The first-order valence-electron chi connectivity index (χ1n) is 9.52. The number of carbonyl (C=O) groups is 2. The minimum absolute atomic E-state index is 0.142. The number of carboxylic acid groups (broad SMARTS) is 1. The summed E-state index contributed by atoms with van der Waals surface area (Å²) in [5.41, 5.74) is 2.49. The fourth-order valence-corrected chi connectivity index (χ4v) is 2.94. The van der Waals surface area contributed by atoms with Gasteiger partial charge in [-0.2, -0.15) is 0 Å². The molecule has 8 heteroatoms. The Kier molecular flexibility index (Phi) is 8.69. The molecule has 7 nitrogen and oxygen atoms in total. The predicted octanol–water partition coefficient (Wildman–Crippen LogP) is 3.92. The third-order valence-corrected chi connectivity index (χ3v) is 4.74. The van der Waals surface area contributed by atoms with Crippen LogP contribution >= 0.6 is 15.9 Å². The van der Waals surface area contributed by atoms with E-state index in [1.165, 1.54) is 0 Å². The van der Waals surface area contributed by atoms with Gasteiger partial charge in [0.1, 0.15) is 11.6 Å². The van der Waals surface area contributed by atoms with E-state index in [1.54, 1.807) is 55.6 Å². The van der Waals surface area contributed by atoms with E-state index in [2.05, 4.69) is 37.8 Å². The fourth-order valence-electron chi connectivity index (χ4n) is 2.68. The number of carbonyl (C=O) groups excluding carboxylic acids is 1. The lowest BCUT2D eigenvalue weighted by molar-refractivity contribution is -0.136. The highest BCUT2D eigenvalue weighted by atomic mass is 79.9. The minimum Gasteiger partial charge on any atom is -0.481 e. The predicted molar refractivity (Wildman–Crippen MR) is 125 cm³/mol. The number of nitrogens with zero attached hydrogens (tertiary/aromatic N) is 3. The summed E-state index contributed by atoms with van der Waals surface area (Å²) in [6.07, 6.45) is 7.14. The number of carboxylic acids is 1. The summed E-state index contributed by atoms with van der Waals surface area (Å²) in [7, 11) is 3.61. The van der Waals surface area contributed by atoms with Crippen molar-refractivity contribution in [1.29, 1.82) is 0 Å². The van der Waals surface area contributed by atoms with Crippen LogP contribution in [0.4, 0.5) is 5.82 Å². The van der Waals surface area contributed by atoms with Crippen LogP contribution < -0.4 is 10.2 Å². The molecule has 162 valence electrons. The molecule has 2 N–H and O–H groups in total. The average Bonchev–Trinajstić information content (AvgIpc) is 2.72. The lowest BCUT2D eigenvalue weighted by Gasteiger charge is -2.16. The van der Waals surface area contributed by atoms with Gasteiger partial charge in [0.25, 0.3) is 5.91 Å². The molecule has 0 aliphatic carbocycles. The molecule has 1 amide bonds. The molecule has 0 bridgehead atoms. The van der Waals surface area contributed by atoms with E-state index in [0.29, 0.717) is 34.9 Å². The molecule has 31 heavy (non-hydrogen) atoms. The number of hydrogen-bond donors (Lipinski definition) is 2. The second kappa shape index (κ2) is 11.2. The van der Waals surface area contributed by atoms with E-state index in [0.717, 1.165) is 10.0 Å². The van der Waals surface area contributed by atoms with Crippen LogP contribution in [0.2, 0.25) is 0 Å². The van der Waals surface area contributed by atoms with Crippen LogP contribution in [0.25, 0.3) is 0 Å². The Labute approximate surface area is 190 Å². The number of hydrogen-bond acceptors (Lipinski definition) is 5. The van der Waals surface area contributed by atoms with E-state index in [9.17, 15) is 9.59 Å². The van der Waals surface area contributed by atoms with Gasteiger partial charge in [-0.3, -0.25) is 9.59 Å². The van der Waals surface area contributed by atoms with Crippen LogP contribution in [-0.4, -0.2) is 41.0 Å². The van der Waals surface area contributed by atoms with E-state index in [4.69, 9.17) is 5.11 Å². The summed E-state index contributed by atoms with van der Waals surface area (Å²) in [6.45, 7) is 5.86. The zero-order valence-electron chi connectivity index (χ0n) is 17.7. The Morgan fingerprint density at radius 3 is 2.45 bits per heavy atom. The first-order chi connectivity index (χ1) is 14.7. The van der Waals surface area contributed by atoms with E-state index < -0.39 is 5.97 Å². The van der Waals surface area contributed by atoms with Crippen LogP contribution in [0, 0.1) is 0 Å². The van der Waals surface area contributed by atoms with E-state index in [-0.39, 0.29) is 12.3 Å². The highest BCUT2D eigenvalue weighted by Gasteiger charge is 2.13. The number of rotatable bonds is 9. The normalized spacial score (nSPS) is 11.4. The van der Waals surface area contributed by atoms with Gasteiger partial charge in [-0.15, -0.1) is 0 Å². The maximum Gasteiger partial charge on any atom is 0.308 e. The Morgan fingerprint density at radius 2 is 1.87 bits per heavy atom. The first kappa shape index (κ1) is 24.0. The van der Waals surface area contributed by atoms with Gasteiger partial charge in [-0.1, -0.05) is 34.7 Å². The molecule has 1 aromatic heterocycles. The van der Waals surface area contributed by atoms with Crippen LogP contribution in [0.1, 0.15) is 28.7 Å². The summed E-state index contributed by atoms with van der Waals surface area (Å²) in [6, 6.07) is 7.10. The first-order valence-corrected chi connectivity index (χ1v) is 10.3. The third-order valence-electron chi connectivity index (χ3n) is 4.22. The molecule has 0 fully saturated rings. The quantitative estimate of drug-likeness (QED) is 0.523. The van der Waals surface area contributed by atoms with Crippen molar-refractivity contribution in [1.82, 2.24) is 15.3 Å². The fraction of sp³-hybridized carbons (Fsp3) is 0.217. The molecule has 2 aromatic rings. The number of amides is 1. The van der Waals surface area contributed by atoms with Crippen molar-refractivity contribution in [3.63, 3.8) is 0 Å². The van der Waals surface area contributed by atoms with Gasteiger partial charge in [0.2, 0.25) is 0 Å². The standard InChI is InChI=1S/C23H25BrN4O3/c1-5-19(26-23(31)16-7-9-18(24)10-8-16)11-6-15(2)12-20-25-14-17(13-21(29)30)22(27-20)28(3)4/h5-11,14H,2,12-13H2,1,3-4H3,(H,26,31)(H,29,30)/b11-6-,19-5+. The van der Waals surface area contributed by atoms with E-state index in [1.807, 2.05) is 19.1 Å². The van der Waals surface area contributed by atoms with Crippen molar-refractivity contribution in [2.75, 3.05) is 19.0 Å². The number of allylic oxidation sites excluding steroid dienone is 4. The number of nitrogens with one attached hydrogen (secondary N) is 1. The molecule has 0 aliphatic rings. The van der Waals surface area contributed by atoms with Gasteiger partial charge < -0.3 is 15.3 Å². The monoisotopic (exact) mass is 484 g/mol. The number of aliphatic carboxylic acids is 1. The molecule has 1 aromatic carbocycles. The number of aromatic nitrogens is 2. The SMILES string of the molecule is C=C(/C=C\C(=C/C)NC(=O)c1ccc(Br)cc1)Cc1ncc(CC(=O)O)c(N(C)C)n1. The molecule has 0 atom stereocenters.